The van der Waals surface area contributed by atoms with Crippen LogP contribution in [0, 0.1) is 9.39 Å². The zero-order chi connectivity index (χ0) is 10.9. The topological polar surface area (TPSA) is 9.23 Å². The Morgan fingerprint density at radius 3 is 2.29 bits per heavy atom. The smallest absolute Gasteiger partial charge is 0.416 e. The number of benzene rings is 1. The molecule has 0 saturated carbocycles. The summed E-state index contributed by atoms with van der Waals surface area (Å²) < 4.78 is 54.1. The average Bonchev–Trinajstić information content (AvgIpc) is 2.07. The van der Waals surface area contributed by atoms with Crippen LogP contribution in [0.3, 0.4) is 0 Å². The highest BCUT2D eigenvalue weighted by Gasteiger charge is 2.32. The van der Waals surface area contributed by atoms with Crippen LogP contribution < -0.4 is 4.74 Å². The lowest BCUT2D eigenvalue weighted by Crippen LogP contribution is -2.06. The largest absolute Gasteiger partial charge is 0.494 e. The van der Waals surface area contributed by atoms with Crippen LogP contribution in [0.15, 0.2) is 12.1 Å². The van der Waals surface area contributed by atoms with Crippen molar-refractivity contribution in [2.75, 3.05) is 7.11 Å². The molecule has 78 valence electrons. The number of alkyl halides is 3. The maximum absolute atomic E-state index is 13.1. The molecule has 0 aromatic heterocycles. The summed E-state index contributed by atoms with van der Waals surface area (Å²) in [6, 6.07) is 1.37. The first kappa shape index (κ1) is 11.5. The Morgan fingerprint density at radius 1 is 1.29 bits per heavy atom. The van der Waals surface area contributed by atoms with Crippen molar-refractivity contribution >= 4 is 22.6 Å². The molecule has 6 heteroatoms. The summed E-state index contributed by atoms with van der Waals surface area (Å²) in [5.74, 6) is -1.18. The van der Waals surface area contributed by atoms with E-state index in [9.17, 15) is 17.6 Å². The van der Waals surface area contributed by atoms with Crippen molar-refractivity contribution in [3.05, 3.63) is 27.1 Å². The van der Waals surface area contributed by atoms with E-state index in [0.29, 0.717) is 6.07 Å². The van der Waals surface area contributed by atoms with E-state index in [4.69, 9.17) is 0 Å². The average molecular weight is 320 g/mol. The van der Waals surface area contributed by atoms with Gasteiger partial charge >= 0.3 is 6.18 Å². The highest BCUT2D eigenvalue weighted by Crippen LogP contribution is 2.34. The van der Waals surface area contributed by atoms with Crippen LogP contribution in [-0.2, 0) is 6.18 Å². The van der Waals surface area contributed by atoms with Crippen LogP contribution in [0.2, 0.25) is 0 Å². The molecule has 0 fully saturated rings. The Bertz CT molecular complexity index is 348. The molecule has 0 radical (unpaired) electrons. The first-order valence-corrected chi connectivity index (χ1v) is 4.54. The number of halogens is 5. The van der Waals surface area contributed by atoms with Crippen LogP contribution in [0.5, 0.6) is 5.75 Å². The van der Waals surface area contributed by atoms with Gasteiger partial charge in [0.1, 0.15) is 0 Å². The standard InChI is InChI=1S/C8H5F4IO/c1-14-6-3-4(8(10,11)12)2-5(13)7(6)9/h2-3H,1H3. The van der Waals surface area contributed by atoms with Crippen molar-refractivity contribution in [2.45, 2.75) is 6.18 Å². The number of methoxy groups -OCH3 is 1. The first-order chi connectivity index (χ1) is 6.36. The summed E-state index contributed by atoms with van der Waals surface area (Å²) in [4.78, 5) is 0. The van der Waals surface area contributed by atoms with E-state index in [2.05, 4.69) is 4.74 Å². The molecule has 14 heavy (non-hydrogen) atoms. The fourth-order valence-electron chi connectivity index (χ4n) is 0.876. The summed E-state index contributed by atoms with van der Waals surface area (Å²) in [5, 5.41) is 0. The molecule has 0 aliphatic rings. The van der Waals surface area contributed by atoms with Gasteiger partial charge in [-0.1, -0.05) is 0 Å². The minimum atomic E-state index is -4.49. The molecule has 0 N–H and O–H groups in total. The van der Waals surface area contributed by atoms with Gasteiger partial charge in [0.2, 0.25) is 0 Å². The van der Waals surface area contributed by atoms with Crippen LogP contribution >= 0.6 is 22.6 Å². The molecule has 0 bridgehead atoms. The van der Waals surface area contributed by atoms with E-state index in [1.165, 1.54) is 22.6 Å². The van der Waals surface area contributed by atoms with Gasteiger partial charge in [0.05, 0.1) is 16.2 Å². The van der Waals surface area contributed by atoms with Crippen molar-refractivity contribution in [3.8, 4) is 5.75 Å². The second kappa shape index (κ2) is 3.92. The lowest BCUT2D eigenvalue weighted by Gasteiger charge is -2.10. The van der Waals surface area contributed by atoms with Crippen molar-refractivity contribution in [2.24, 2.45) is 0 Å². The summed E-state index contributed by atoms with van der Waals surface area (Å²) in [6.07, 6.45) is -4.49. The van der Waals surface area contributed by atoms with Crippen molar-refractivity contribution in [1.29, 1.82) is 0 Å². The Labute approximate surface area is 91.2 Å². The van der Waals surface area contributed by atoms with E-state index in [1.54, 1.807) is 0 Å². The second-order valence-corrected chi connectivity index (χ2v) is 3.63. The van der Waals surface area contributed by atoms with Gasteiger partial charge in [0.25, 0.3) is 0 Å². The molecule has 0 saturated heterocycles. The molecule has 0 aliphatic heterocycles. The molecule has 0 atom stereocenters. The predicted molar refractivity (Wildman–Crippen MR) is 50.7 cm³/mol. The third-order valence-electron chi connectivity index (χ3n) is 1.54. The van der Waals surface area contributed by atoms with Gasteiger partial charge in [0.15, 0.2) is 11.6 Å². The molecule has 0 amide bonds. The number of rotatable bonds is 1. The monoisotopic (exact) mass is 320 g/mol. The van der Waals surface area contributed by atoms with Gasteiger partial charge in [-0.2, -0.15) is 13.2 Å². The normalized spacial score (nSPS) is 11.6. The Balaban J connectivity index is 3.30. The van der Waals surface area contributed by atoms with Crippen LogP contribution in [0.4, 0.5) is 17.6 Å². The molecule has 1 rings (SSSR count). The Kier molecular flexibility index (Phi) is 3.23. The van der Waals surface area contributed by atoms with Gasteiger partial charge < -0.3 is 4.74 Å². The van der Waals surface area contributed by atoms with Crippen LogP contribution in [0.1, 0.15) is 5.56 Å². The predicted octanol–water partition coefficient (Wildman–Crippen LogP) is 3.46. The molecular weight excluding hydrogens is 315 g/mol. The second-order valence-electron chi connectivity index (χ2n) is 2.47. The van der Waals surface area contributed by atoms with E-state index >= 15 is 0 Å². The fourth-order valence-corrected chi connectivity index (χ4v) is 1.48. The van der Waals surface area contributed by atoms with Gasteiger partial charge in [0, 0.05) is 0 Å². The zero-order valence-corrected chi connectivity index (χ0v) is 9.11. The minimum Gasteiger partial charge on any atom is -0.494 e. The number of hydrogen-bond acceptors (Lipinski definition) is 1. The van der Waals surface area contributed by atoms with Crippen molar-refractivity contribution in [1.82, 2.24) is 0 Å². The van der Waals surface area contributed by atoms with E-state index in [0.717, 1.165) is 13.2 Å². The number of hydrogen-bond donors (Lipinski definition) is 0. The summed E-state index contributed by atoms with van der Waals surface area (Å²) in [6.45, 7) is 0. The highest BCUT2D eigenvalue weighted by molar-refractivity contribution is 14.1. The third kappa shape index (κ3) is 2.28. The lowest BCUT2D eigenvalue weighted by atomic mass is 10.2. The highest BCUT2D eigenvalue weighted by atomic mass is 127. The lowest BCUT2D eigenvalue weighted by molar-refractivity contribution is -0.137. The Morgan fingerprint density at radius 2 is 1.86 bits per heavy atom. The molecule has 1 aromatic rings. The maximum Gasteiger partial charge on any atom is 0.416 e. The molecule has 1 aromatic carbocycles. The Hall–Kier alpha value is -0.530. The quantitative estimate of drug-likeness (QED) is 0.569. The number of ether oxygens (including phenoxy) is 1. The molecule has 0 heterocycles. The van der Waals surface area contributed by atoms with Crippen LogP contribution in [-0.4, -0.2) is 7.11 Å². The maximum atomic E-state index is 13.1. The third-order valence-corrected chi connectivity index (χ3v) is 2.33. The van der Waals surface area contributed by atoms with E-state index in [1.807, 2.05) is 0 Å². The van der Waals surface area contributed by atoms with Crippen molar-refractivity contribution in [3.63, 3.8) is 0 Å². The molecule has 1 nitrogen and oxygen atoms in total. The molecular formula is C8H5F4IO. The van der Waals surface area contributed by atoms with Gasteiger partial charge in [-0.3, -0.25) is 0 Å². The van der Waals surface area contributed by atoms with Gasteiger partial charge in [-0.15, -0.1) is 0 Å². The molecule has 0 spiro atoms. The van der Waals surface area contributed by atoms with Gasteiger partial charge in [-0.05, 0) is 34.7 Å². The van der Waals surface area contributed by atoms with Gasteiger partial charge in [-0.25, -0.2) is 4.39 Å². The summed E-state index contributed by atoms with van der Waals surface area (Å²) in [5.41, 5.74) is -0.917. The molecule has 0 aliphatic carbocycles. The first-order valence-electron chi connectivity index (χ1n) is 3.46. The van der Waals surface area contributed by atoms with E-state index < -0.39 is 23.3 Å². The minimum absolute atomic E-state index is 0.116. The molecule has 0 unspecified atom stereocenters. The summed E-state index contributed by atoms with van der Waals surface area (Å²) >= 11 is 1.48. The zero-order valence-electron chi connectivity index (χ0n) is 6.95. The van der Waals surface area contributed by atoms with Crippen LogP contribution in [0.25, 0.3) is 0 Å². The SMILES string of the molecule is COc1cc(C(F)(F)F)cc(I)c1F. The fraction of sp³-hybridized carbons (Fsp3) is 0.250. The van der Waals surface area contributed by atoms with E-state index in [-0.39, 0.29) is 3.57 Å². The van der Waals surface area contributed by atoms with Crippen molar-refractivity contribution < 1.29 is 22.3 Å². The summed E-state index contributed by atoms with van der Waals surface area (Å²) in [7, 11) is 1.12.